The molecule has 0 spiro atoms. The number of hydrogen-bond acceptors (Lipinski definition) is 5. The number of aryl methyl sites for hydroxylation is 1. The van der Waals surface area contributed by atoms with Gasteiger partial charge in [-0.2, -0.15) is 0 Å². The van der Waals surface area contributed by atoms with E-state index in [2.05, 4.69) is 4.98 Å². The summed E-state index contributed by atoms with van der Waals surface area (Å²) in [6, 6.07) is 8.40. The summed E-state index contributed by atoms with van der Waals surface area (Å²) < 4.78 is 28.9. The summed E-state index contributed by atoms with van der Waals surface area (Å²) in [7, 11) is -3.09. The van der Waals surface area contributed by atoms with Gasteiger partial charge in [0.1, 0.15) is 11.5 Å². The smallest absolute Gasteiger partial charge is 0.273 e. The molecule has 6 nitrogen and oxygen atoms in total. The zero-order chi connectivity index (χ0) is 16.4. The minimum atomic E-state index is -3.09. The summed E-state index contributed by atoms with van der Waals surface area (Å²) in [5.74, 6) is 0.453. The van der Waals surface area contributed by atoms with Crippen molar-refractivity contribution in [3.63, 3.8) is 0 Å². The van der Waals surface area contributed by atoms with Crippen LogP contribution in [0.2, 0.25) is 0 Å². The molecule has 0 aromatic carbocycles. The second kappa shape index (κ2) is 6.16. The summed E-state index contributed by atoms with van der Waals surface area (Å²) in [5, 5.41) is 0. The van der Waals surface area contributed by atoms with Crippen molar-refractivity contribution in [1.29, 1.82) is 0 Å². The lowest BCUT2D eigenvalue weighted by Gasteiger charge is -2.27. The molecular formula is C16H18N2O4S. The first-order valence-corrected chi connectivity index (χ1v) is 9.24. The SMILES string of the molecule is Cc1cccc(C(=O)N(Cc2ccco2)C2CCS(=O)(=O)C2)n1. The number of pyridine rings is 1. The van der Waals surface area contributed by atoms with Gasteiger partial charge in [-0.15, -0.1) is 0 Å². The third kappa shape index (κ3) is 3.61. The molecule has 3 heterocycles. The van der Waals surface area contributed by atoms with Gasteiger partial charge in [0.05, 0.1) is 24.3 Å². The first kappa shape index (κ1) is 15.7. The van der Waals surface area contributed by atoms with Gasteiger partial charge in [0, 0.05) is 11.7 Å². The van der Waals surface area contributed by atoms with Crippen molar-refractivity contribution >= 4 is 15.7 Å². The predicted octanol–water partition coefficient (Wildman–Crippen LogP) is 1.81. The fraction of sp³-hybridized carbons (Fsp3) is 0.375. The Morgan fingerprint density at radius 3 is 2.78 bits per heavy atom. The highest BCUT2D eigenvalue weighted by atomic mass is 32.2. The van der Waals surface area contributed by atoms with Crippen LogP contribution in [-0.4, -0.2) is 41.8 Å². The van der Waals surface area contributed by atoms with E-state index in [9.17, 15) is 13.2 Å². The van der Waals surface area contributed by atoms with Crippen molar-refractivity contribution in [2.45, 2.75) is 25.9 Å². The molecule has 23 heavy (non-hydrogen) atoms. The fourth-order valence-corrected chi connectivity index (χ4v) is 4.50. The molecule has 2 aromatic rings. The molecule has 1 saturated heterocycles. The maximum Gasteiger partial charge on any atom is 0.273 e. The van der Waals surface area contributed by atoms with Crippen LogP contribution < -0.4 is 0 Å². The van der Waals surface area contributed by atoms with Gasteiger partial charge in [-0.3, -0.25) is 4.79 Å². The Morgan fingerprint density at radius 1 is 1.35 bits per heavy atom. The van der Waals surface area contributed by atoms with Crippen LogP contribution in [0.15, 0.2) is 41.0 Å². The molecule has 1 fully saturated rings. The van der Waals surface area contributed by atoms with Gasteiger partial charge in [0.25, 0.3) is 5.91 Å². The molecule has 0 aliphatic carbocycles. The van der Waals surface area contributed by atoms with Crippen LogP contribution >= 0.6 is 0 Å². The van der Waals surface area contributed by atoms with Gasteiger partial charge in [-0.25, -0.2) is 13.4 Å². The predicted molar refractivity (Wildman–Crippen MR) is 84.6 cm³/mol. The minimum absolute atomic E-state index is 0.00867. The number of carbonyl (C=O) groups excluding carboxylic acids is 1. The standard InChI is InChI=1S/C16H18N2O4S/c1-12-4-2-6-15(17-12)16(19)18(10-14-5-3-8-22-14)13-7-9-23(20,21)11-13/h2-6,8,13H,7,9-11H2,1H3. The zero-order valence-corrected chi connectivity index (χ0v) is 13.6. The quantitative estimate of drug-likeness (QED) is 0.852. The van der Waals surface area contributed by atoms with Crippen molar-refractivity contribution in [2.75, 3.05) is 11.5 Å². The number of nitrogens with zero attached hydrogens (tertiary/aromatic N) is 2. The van der Waals surface area contributed by atoms with Crippen molar-refractivity contribution < 1.29 is 17.6 Å². The number of amides is 1. The third-order valence-corrected chi connectivity index (χ3v) is 5.67. The molecular weight excluding hydrogens is 316 g/mol. The largest absolute Gasteiger partial charge is 0.467 e. The van der Waals surface area contributed by atoms with Gasteiger partial charge in [0.2, 0.25) is 0 Å². The maximum atomic E-state index is 12.8. The lowest BCUT2D eigenvalue weighted by molar-refractivity contribution is 0.0660. The normalized spacial score (nSPS) is 19.6. The Balaban J connectivity index is 1.89. The molecule has 2 aromatic heterocycles. The molecule has 1 atom stereocenters. The van der Waals surface area contributed by atoms with E-state index in [1.165, 1.54) is 6.26 Å². The number of hydrogen-bond donors (Lipinski definition) is 0. The molecule has 3 rings (SSSR count). The number of sulfone groups is 1. The van der Waals surface area contributed by atoms with Gasteiger partial charge < -0.3 is 9.32 Å². The van der Waals surface area contributed by atoms with E-state index in [0.717, 1.165) is 5.69 Å². The van der Waals surface area contributed by atoms with Crippen LogP contribution in [0.4, 0.5) is 0 Å². The van der Waals surface area contributed by atoms with E-state index in [1.54, 1.807) is 29.2 Å². The molecule has 1 unspecified atom stereocenters. The molecule has 1 amide bonds. The lowest BCUT2D eigenvalue weighted by Crippen LogP contribution is -2.41. The first-order chi connectivity index (χ1) is 10.9. The van der Waals surface area contributed by atoms with E-state index in [-0.39, 0.29) is 30.0 Å². The van der Waals surface area contributed by atoms with E-state index < -0.39 is 9.84 Å². The molecule has 1 aliphatic rings. The van der Waals surface area contributed by atoms with E-state index in [0.29, 0.717) is 17.9 Å². The molecule has 0 radical (unpaired) electrons. The van der Waals surface area contributed by atoms with Gasteiger partial charge >= 0.3 is 0 Å². The van der Waals surface area contributed by atoms with Crippen LogP contribution in [0.1, 0.15) is 28.4 Å². The maximum absolute atomic E-state index is 12.8. The zero-order valence-electron chi connectivity index (χ0n) is 12.8. The summed E-state index contributed by atoms with van der Waals surface area (Å²) in [6.45, 7) is 2.05. The molecule has 0 bridgehead atoms. The van der Waals surface area contributed by atoms with Crippen LogP contribution in [0.5, 0.6) is 0 Å². The fourth-order valence-electron chi connectivity index (χ4n) is 2.77. The van der Waals surface area contributed by atoms with Crippen molar-refractivity contribution in [1.82, 2.24) is 9.88 Å². The van der Waals surface area contributed by atoms with Crippen LogP contribution in [0.3, 0.4) is 0 Å². The summed E-state index contributed by atoms with van der Waals surface area (Å²) in [4.78, 5) is 18.7. The van der Waals surface area contributed by atoms with Gasteiger partial charge in [0.15, 0.2) is 9.84 Å². The van der Waals surface area contributed by atoms with Crippen molar-refractivity contribution in [3.05, 3.63) is 53.7 Å². The lowest BCUT2D eigenvalue weighted by atomic mass is 10.2. The monoisotopic (exact) mass is 334 g/mol. The molecule has 0 N–H and O–H groups in total. The van der Waals surface area contributed by atoms with Crippen LogP contribution in [0.25, 0.3) is 0 Å². The van der Waals surface area contributed by atoms with Crippen LogP contribution in [0, 0.1) is 6.92 Å². The molecule has 1 aliphatic heterocycles. The van der Waals surface area contributed by atoms with Gasteiger partial charge in [-0.1, -0.05) is 6.07 Å². The second-order valence-electron chi connectivity index (χ2n) is 5.73. The number of aromatic nitrogens is 1. The van der Waals surface area contributed by atoms with E-state index in [1.807, 2.05) is 13.0 Å². The van der Waals surface area contributed by atoms with Gasteiger partial charge in [-0.05, 0) is 37.6 Å². The Morgan fingerprint density at radius 2 is 2.17 bits per heavy atom. The third-order valence-electron chi connectivity index (χ3n) is 3.92. The Bertz CT molecular complexity index is 799. The summed E-state index contributed by atoms with van der Waals surface area (Å²) in [5.41, 5.74) is 1.06. The van der Waals surface area contributed by atoms with Crippen LogP contribution in [-0.2, 0) is 16.4 Å². The second-order valence-corrected chi connectivity index (χ2v) is 7.96. The van der Waals surface area contributed by atoms with E-state index in [4.69, 9.17) is 4.42 Å². The van der Waals surface area contributed by atoms with E-state index >= 15 is 0 Å². The van der Waals surface area contributed by atoms with Crippen molar-refractivity contribution in [3.8, 4) is 0 Å². The average Bonchev–Trinajstić information content (AvgIpc) is 3.13. The molecule has 122 valence electrons. The average molecular weight is 334 g/mol. The Kier molecular flexibility index (Phi) is 4.21. The number of rotatable bonds is 4. The van der Waals surface area contributed by atoms with Crippen molar-refractivity contribution in [2.24, 2.45) is 0 Å². The molecule has 0 saturated carbocycles. The highest BCUT2D eigenvalue weighted by molar-refractivity contribution is 7.91. The minimum Gasteiger partial charge on any atom is -0.467 e. The number of carbonyl (C=O) groups is 1. The summed E-state index contributed by atoms with van der Waals surface area (Å²) >= 11 is 0. The topological polar surface area (TPSA) is 80.5 Å². The Hall–Kier alpha value is -2.15. The number of furan rings is 1. The molecule has 7 heteroatoms. The summed E-state index contributed by atoms with van der Waals surface area (Å²) in [6.07, 6.45) is 1.98. The first-order valence-electron chi connectivity index (χ1n) is 7.42. The Labute approximate surface area is 135 Å². The highest BCUT2D eigenvalue weighted by Crippen LogP contribution is 2.22. The highest BCUT2D eigenvalue weighted by Gasteiger charge is 2.35.